The van der Waals surface area contributed by atoms with Gasteiger partial charge >= 0.3 is 0 Å². The molecule has 0 aliphatic carbocycles. The van der Waals surface area contributed by atoms with Crippen LogP contribution in [-0.4, -0.2) is 26.6 Å². The van der Waals surface area contributed by atoms with E-state index in [2.05, 4.69) is 15.4 Å². The lowest BCUT2D eigenvalue weighted by atomic mass is 10.1. The highest BCUT2D eigenvalue weighted by Crippen LogP contribution is 2.44. The second kappa shape index (κ2) is 8.75. The number of carbonyl (C=O) groups is 2. The monoisotopic (exact) mass is 475 g/mol. The Balaban J connectivity index is 1.78. The van der Waals surface area contributed by atoms with Crippen molar-refractivity contribution in [2.24, 2.45) is 5.73 Å². The molecule has 2 amide bonds. The largest absolute Gasteiger partial charge is 0.365 e. The van der Waals surface area contributed by atoms with Gasteiger partial charge in [-0.05, 0) is 38.1 Å². The number of hydrogen-bond donors (Lipinski definition) is 2. The van der Waals surface area contributed by atoms with Gasteiger partial charge in [-0.25, -0.2) is 13.8 Å². The van der Waals surface area contributed by atoms with E-state index in [1.54, 1.807) is 10.9 Å². The van der Waals surface area contributed by atoms with Crippen molar-refractivity contribution in [3.63, 3.8) is 0 Å². The molecule has 4 aromatic heterocycles. The van der Waals surface area contributed by atoms with Crippen LogP contribution in [-0.2, 0) is 11.3 Å². The molecule has 0 aromatic carbocycles. The molecule has 0 fully saturated rings. The number of anilines is 1. The highest BCUT2D eigenvalue weighted by molar-refractivity contribution is 7.21. The van der Waals surface area contributed by atoms with E-state index in [-0.39, 0.29) is 27.7 Å². The maximum Gasteiger partial charge on any atom is 0.280 e. The quantitative estimate of drug-likeness (QED) is 0.397. The average molecular weight is 476 g/mol. The van der Waals surface area contributed by atoms with Crippen molar-refractivity contribution in [1.82, 2.24) is 14.8 Å². The molecular formula is C21H19F2N5O2S2. The van der Waals surface area contributed by atoms with E-state index in [0.717, 1.165) is 26.8 Å². The average Bonchev–Trinajstić information content (AvgIpc) is 3.44. The van der Waals surface area contributed by atoms with Crippen LogP contribution >= 0.6 is 22.7 Å². The lowest BCUT2D eigenvalue weighted by molar-refractivity contribution is -0.116. The van der Waals surface area contributed by atoms with Gasteiger partial charge in [0.25, 0.3) is 12.3 Å². The molecule has 32 heavy (non-hydrogen) atoms. The molecular weight excluding hydrogens is 456 g/mol. The number of aryl methyl sites for hydroxylation is 3. The fourth-order valence-corrected chi connectivity index (χ4v) is 5.21. The summed E-state index contributed by atoms with van der Waals surface area (Å²) in [5, 5.41) is 7.44. The second-order valence-corrected chi connectivity index (χ2v) is 9.46. The van der Waals surface area contributed by atoms with Crippen LogP contribution < -0.4 is 11.1 Å². The Hall–Kier alpha value is -3.18. The number of aromatic nitrogens is 3. The van der Waals surface area contributed by atoms with E-state index in [9.17, 15) is 18.4 Å². The summed E-state index contributed by atoms with van der Waals surface area (Å²) in [6.07, 6.45) is -0.911. The van der Waals surface area contributed by atoms with Gasteiger partial charge in [0.1, 0.15) is 15.4 Å². The Morgan fingerprint density at radius 2 is 2.00 bits per heavy atom. The van der Waals surface area contributed by atoms with Gasteiger partial charge < -0.3 is 11.1 Å². The molecule has 0 spiro atoms. The van der Waals surface area contributed by atoms with Crippen molar-refractivity contribution in [2.45, 2.75) is 33.2 Å². The first-order valence-electron chi connectivity index (χ1n) is 9.65. The number of thiophene rings is 2. The van der Waals surface area contributed by atoms with Gasteiger partial charge in [0.15, 0.2) is 0 Å². The van der Waals surface area contributed by atoms with Crippen LogP contribution in [0.25, 0.3) is 20.7 Å². The summed E-state index contributed by atoms with van der Waals surface area (Å²) in [6.45, 7) is 4.10. The third-order valence-corrected chi connectivity index (χ3v) is 6.87. The molecule has 4 rings (SSSR count). The summed E-state index contributed by atoms with van der Waals surface area (Å²) < 4.78 is 28.7. The maximum absolute atomic E-state index is 13.5. The van der Waals surface area contributed by atoms with E-state index >= 15 is 0 Å². The zero-order valence-electron chi connectivity index (χ0n) is 17.2. The first-order valence-corrected chi connectivity index (χ1v) is 11.3. The van der Waals surface area contributed by atoms with Crippen molar-refractivity contribution in [3.8, 4) is 10.4 Å². The van der Waals surface area contributed by atoms with Crippen molar-refractivity contribution in [2.75, 3.05) is 5.32 Å². The third-order valence-electron chi connectivity index (χ3n) is 4.74. The highest BCUT2D eigenvalue weighted by Gasteiger charge is 2.25. The Morgan fingerprint density at radius 1 is 1.22 bits per heavy atom. The minimum absolute atomic E-state index is 0.0664. The number of hydrogen-bond acceptors (Lipinski definition) is 6. The molecule has 0 atom stereocenters. The zero-order valence-corrected chi connectivity index (χ0v) is 18.8. The number of pyridine rings is 1. The topological polar surface area (TPSA) is 103 Å². The molecule has 0 saturated heterocycles. The number of carbonyl (C=O) groups excluding carboxylic acids is 2. The number of amides is 2. The fraction of sp³-hybridized carbons (Fsp3) is 0.238. The molecule has 7 nitrogen and oxygen atoms in total. The summed E-state index contributed by atoms with van der Waals surface area (Å²) in [6, 6.07) is 6.83. The van der Waals surface area contributed by atoms with Gasteiger partial charge in [0, 0.05) is 39.9 Å². The number of nitrogens with one attached hydrogen (secondary N) is 1. The van der Waals surface area contributed by atoms with E-state index < -0.39 is 18.0 Å². The van der Waals surface area contributed by atoms with Crippen LogP contribution in [0.1, 0.15) is 38.8 Å². The summed E-state index contributed by atoms with van der Waals surface area (Å²) >= 11 is 2.32. The van der Waals surface area contributed by atoms with Crippen LogP contribution in [0.5, 0.6) is 0 Å². The van der Waals surface area contributed by atoms with E-state index in [0.29, 0.717) is 17.5 Å². The van der Waals surface area contributed by atoms with Crippen LogP contribution in [0, 0.1) is 13.8 Å². The third kappa shape index (κ3) is 4.39. The summed E-state index contributed by atoms with van der Waals surface area (Å²) in [5.41, 5.74) is 6.66. The Bertz CT molecular complexity index is 1330. The summed E-state index contributed by atoms with van der Waals surface area (Å²) in [5.74, 6) is -1.12. The predicted octanol–water partition coefficient (Wildman–Crippen LogP) is 4.90. The predicted molar refractivity (Wildman–Crippen MR) is 121 cm³/mol. The molecule has 11 heteroatoms. The van der Waals surface area contributed by atoms with Gasteiger partial charge in [-0.15, -0.1) is 22.7 Å². The Morgan fingerprint density at radius 3 is 2.59 bits per heavy atom. The number of primary amides is 1. The van der Waals surface area contributed by atoms with Crippen molar-refractivity contribution in [3.05, 3.63) is 51.6 Å². The standard InChI is InChI=1S/C21H19F2N5O2S2/c1-10-5-7-28(27-10)8-6-15(29)26-17-16-12(14-4-3-11(2)31-14)9-13(19(22)23)25-21(16)32-18(17)20(24)30/h3-5,7,9,19H,6,8H2,1-2H3,(H2,24,30)(H,26,29). The van der Waals surface area contributed by atoms with Gasteiger partial charge in [0.05, 0.1) is 11.4 Å². The summed E-state index contributed by atoms with van der Waals surface area (Å²) in [7, 11) is 0. The number of halogens is 2. The number of rotatable bonds is 7. The number of nitrogens with zero attached hydrogens (tertiary/aromatic N) is 3. The summed E-state index contributed by atoms with van der Waals surface area (Å²) in [4.78, 5) is 30.9. The SMILES string of the molecule is Cc1ccn(CCC(=O)Nc2c(C(N)=O)sc3nc(C(F)F)cc(-c4ccc(C)s4)c23)n1. The minimum Gasteiger partial charge on any atom is -0.365 e. The smallest absolute Gasteiger partial charge is 0.280 e. The molecule has 4 aromatic rings. The number of nitrogens with two attached hydrogens (primary N) is 1. The van der Waals surface area contributed by atoms with Crippen molar-refractivity contribution < 1.29 is 18.4 Å². The van der Waals surface area contributed by atoms with E-state index in [4.69, 9.17) is 5.73 Å². The fourth-order valence-electron chi connectivity index (χ4n) is 3.30. The van der Waals surface area contributed by atoms with Crippen LogP contribution in [0.15, 0.2) is 30.5 Å². The van der Waals surface area contributed by atoms with Gasteiger partial charge in [0.2, 0.25) is 5.91 Å². The molecule has 0 unspecified atom stereocenters. The molecule has 4 heterocycles. The van der Waals surface area contributed by atoms with Crippen LogP contribution in [0.3, 0.4) is 0 Å². The highest BCUT2D eigenvalue weighted by atomic mass is 32.1. The minimum atomic E-state index is -2.78. The molecule has 0 saturated carbocycles. The lowest BCUT2D eigenvalue weighted by Gasteiger charge is -2.10. The van der Waals surface area contributed by atoms with E-state index in [1.165, 1.54) is 17.4 Å². The lowest BCUT2D eigenvalue weighted by Crippen LogP contribution is -2.18. The van der Waals surface area contributed by atoms with Gasteiger partial charge in [-0.3, -0.25) is 14.3 Å². The van der Waals surface area contributed by atoms with Crippen molar-refractivity contribution >= 4 is 50.4 Å². The van der Waals surface area contributed by atoms with Gasteiger partial charge in [-0.1, -0.05) is 0 Å². The number of alkyl halides is 2. The zero-order chi connectivity index (χ0) is 23.0. The first-order chi connectivity index (χ1) is 15.2. The Labute approximate surface area is 189 Å². The maximum atomic E-state index is 13.5. The number of fused-ring (bicyclic) bond motifs is 1. The van der Waals surface area contributed by atoms with Crippen LogP contribution in [0.2, 0.25) is 0 Å². The Kier molecular flexibility index (Phi) is 6.02. The molecule has 0 aliphatic rings. The van der Waals surface area contributed by atoms with E-state index in [1.807, 2.05) is 32.0 Å². The normalized spacial score (nSPS) is 11.4. The van der Waals surface area contributed by atoms with Gasteiger partial charge in [-0.2, -0.15) is 5.10 Å². The molecule has 3 N–H and O–H groups in total. The molecule has 0 aliphatic heterocycles. The molecule has 166 valence electrons. The second-order valence-electron chi connectivity index (χ2n) is 7.17. The van der Waals surface area contributed by atoms with Crippen LogP contribution in [0.4, 0.5) is 14.5 Å². The molecule has 0 bridgehead atoms. The molecule has 0 radical (unpaired) electrons. The van der Waals surface area contributed by atoms with Crippen molar-refractivity contribution in [1.29, 1.82) is 0 Å². The first kappa shape index (κ1) is 22.0.